The van der Waals surface area contributed by atoms with Gasteiger partial charge in [0.15, 0.2) is 0 Å². The van der Waals surface area contributed by atoms with Crippen molar-refractivity contribution in [2.75, 3.05) is 11.9 Å². The number of carbonyl (C=O) groups excluding carboxylic acids is 1. The van der Waals surface area contributed by atoms with Crippen LogP contribution in [0.1, 0.15) is 53.9 Å². The number of anilines is 1. The molecule has 0 aromatic carbocycles. The Morgan fingerprint density at radius 1 is 1.20 bits per heavy atom. The minimum atomic E-state index is -2.59. The normalized spacial score (nSPS) is 19.2. The van der Waals surface area contributed by atoms with Gasteiger partial charge in [-0.25, -0.2) is 13.8 Å². The topological polar surface area (TPSA) is 62.5 Å². The van der Waals surface area contributed by atoms with Crippen molar-refractivity contribution in [3.63, 3.8) is 0 Å². The Hall–Kier alpha value is -3.03. The minimum absolute atomic E-state index is 0.0954. The number of hydrogen-bond donors (Lipinski definition) is 1. The van der Waals surface area contributed by atoms with Crippen LogP contribution in [0.2, 0.25) is 0 Å². The number of fused-ring (bicyclic) bond motifs is 1. The first-order valence-corrected chi connectivity index (χ1v) is 10.1. The number of hydrogen-bond acceptors (Lipinski definition) is 4. The molecule has 30 heavy (non-hydrogen) atoms. The summed E-state index contributed by atoms with van der Waals surface area (Å²) in [6.07, 6.45) is 3.95. The van der Waals surface area contributed by atoms with Crippen molar-refractivity contribution in [2.24, 2.45) is 0 Å². The number of halogens is 2. The van der Waals surface area contributed by atoms with E-state index in [2.05, 4.69) is 20.2 Å². The van der Waals surface area contributed by atoms with Gasteiger partial charge in [0, 0.05) is 37.2 Å². The summed E-state index contributed by atoms with van der Waals surface area (Å²) in [6, 6.07) is 9.50. The van der Waals surface area contributed by atoms with E-state index in [0.717, 1.165) is 37.2 Å². The molecule has 0 spiro atoms. The fourth-order valence-corrected chi connectivity index (χ4v) is 4.07. The molecule has 0 aliphatic heterocycles. The Kier molecular flexibility index (Phi) is 5.65. The average molecular weight is 413 g/mol. The van der Waals surface area contributed by atoms with E-state index in [9.17, 15) is 13.6 Å². The Bertz CT molecular complexity index is 1030. The van der Waals surface area contributed by atoms with Crippen LogP contribution >= 0.6 is 0 Å². The molecule has 1 aliphatic carbocycles. The number of aromatic nitrogens is 3. The summed E-state index contributed by atoms with van der Waals surface area (Å²) in [6.45, 7) is 1.89. The van der Waals surface area contributed by atoms with Gasteiger partial charge in [-0.1, -0.05) is 6.07 Å². The number of nitrogens with one attached hydrogen (secondary N) is 1. The van der Waals surface area contributed by atoms with Gasteiger partial charge in [-0.15, -0.1) is 0 Å². The van der Waals surface area contributed by atoms with E-state index in [1.54, 1.807) is 22.7 Å². The summed E-state index contributed by atoms with van der Waals surface area (Å²) in [5.74, 6) is 0.743. The molecule has 1 aliphatic rings. The zero-order chi connectivity index (χ0) is 21.3. The van der Waals surface area contributed by atoms with Crippen molar-refractivity contribution in [2.45, 2.75) is 51.1 Å². The number of amides is 1. The van der Waals surface area contributed by atoms with Crippen molar-refractivity contribution >= 4 is 17.4 Å². The molecule has 3 aromatic rings. The molecule has 0 bridgehead atoms. The molecule has 3 heterocycles. The molecular formula is C22H25F2N5O. The quantitative estimate of drug-likeness (QED) is 0.683. The number of alkyl halides is 2. The number of rotatable bonds is 5. The summed E-state index contributed by atoms with van der Waals surface area (Å²) in [4.78, 5) is 22.8. The van der Waals surface area contributed by atoms with Crippen LogP contribution in [-0.4, -0.2) is 39.4 Å². The molecule has 8 heteroatoms. The van der Waals surface area contributed by atoms with E-state index >= 15 is 0 Å². The van der Waals surface area contributed by atoms with Crippen LogP contribution in [0.4, 0.5) is 14.6 Å². The van der Waals surface area contributed by atoms with E-state index in [0.29, 0.717) is 11.2 Å². The van der Waals surface area contributed by atoms with Crippen molar-refractivity contribution in [3.8, 4) is 0 Å². The molecule has 1 amide bonds. The highest BCUT2D eigenvalue weighted by atomic mass is 19.3. The lowest BCUT2D eigenvalue weighted by Crippen LogP contribution is -2.43. The molecule has 158 valence electrons. The van der Waals surface area contributed by atoms with Crippen LogP contribution in [0, 0.1) is 6.92 Å². The predicted molar refractivity (Wildman–Crippen MR) is 111 cm³/mol. The van der Waals surface area contributed by atoms with Crippen LogP contribution in [0.5, 0.6) is 0 Å². The van der Waals surface area contributed by atoms with Gasteiger partial charge in [0.05, 0.1) is 5.56 Å². The van der Waals surface area contributed by atoms with Gasteiger partial charge in [-0.3, -0.25) is 14.2 Å². The third kappa shape index (κ3) is 4.13. The van der Waals surface area contributed by atoms with Crippen molar-refractivity contribution < 1.29 is 13.6 Å². The summed E-state index contributed by atoms with van der Waals surface area (Å²) >= 11 is 0. The van der Waals surface area contributed by atoms with Gasteiger partial charge in [0.1, 0.15) is 17.2 Å². The number of imidazole rings is 1. The molecular weight excluding hydrogens is 388 g/mol. The largest absolute Gasteiger partial charge is 0.358 e. The van der Waals surface area contributed by atoms with Crippen molar-refractivity contribution in [1.29, 1.82) is 0 Å². The highest BCUT2D eigenvalue weighted by Gasteiger charge is 2.26. The zero-order valence-electron chi connectivity index (χ0n) is 17.1. The second-order valence-electron chi connectivity index (χ2n) is 7.86. The molecule has 6 nitrogen and oxygen atoms in total. The number of carbonyl (C=O) groups is 1. The molecule has 0 saturated heterocycles. The van der Waals surface area contributed by atoms with Gasteiger partial charge in [-0.05, 0) is 56.9 Å². The second kappa shape index (κ2) is 8.38. The lowest BCUT2D eigenvalue weighted by Gasteiger charge is -2.36. The Morgan fingerprint density at radius 2 is 1.97 bits per heavy atom. The lowest BCUT2D eigenvalue weighted by atomic mass is 9.90. The lowest BCUT2D eigenvalue weighted by molar-refractivity contribution is 0.0925. The highest BCUT2D eigenvalue weighted by molar-refractivity contribution is 5.94. The smallest absolute Gasteiger partial charge is 0.281 e. The maximum Gasteiger partial charge on any atom is 0.281 e. The van der Waals surface area contributed by atoms with Gasteiger partial charge in [0.2, 0.25) is 0 Å². The minimum Gasteiger partial charge on any atom is -0.358 e. The fourth-order valence-electron chi connectivity index (χ4n) is 4.07. The molecule has 0 unspecified atom stereocenters. The zero-order valence-corrected chi connectivity index (χ0v) is 17.1. The van der Waals surface area contributed by atoms with Crippen LogP contribution in [0.25, 0.3) is 5.65 Å². The van der Waals surface area contributed by atoms with E-state index < -0.39 is 6.43 Å². The van der Waals surface area contributed by atoms with Crippen molar-refractivity contribution in [1.82, 2.24) is 19.7 Å². The maximum absolute atomic E-state index is 13.1. The molecule has 0 atom stereocenters. The number of aryl methyl sites for hydroxylation is 1. The van der Waals surface area contributed by atoms with Crippen LogP contribution in [0.3, 0.4) is 0 Å². The Morgan fingerprint density at radius 3 is 2.63 bits per heavy atom. The maximum atomic E-state index is 13.1. The van der Waals surface area contributed by atoms with Gasteiger partial charge < -0.3 is 10.2 Å². The third-order valence-corrected chi connectivity index (χ3v) is 5.83. The number of pyridine rings is 2. The molecule has 1 fully saturated rings. The predicted octanol–water partition coefficient (Wildman–Crippen LogP) is 4.15. The number of nitrogens with zero attached hydrogens (tertiary/aromatic N) is 4. The van der Waals surface area contributed by atoms with E-state index in [-0.39, 0.29) is 23.7 Å². The standard InChI is InChI=1S/C22H25F2N5O/c1-14-6-7-15(12-25-14)22(30)26-16-8-10-17(11-9-16)28(2)20-5-3-4-19-27-18(21(23)24)13-29(19)20/h3-7,12-13,16-17,21H,8-11H2,1-2H3,(H,26,30)/t16-,17+. The summed E-state index contributed by atoms with van der Waals surface area (Å²) < 4.78 is 27.8. The van der Waals surface area contributed by atoms with E-state index in [1.165, 1.54) is 6.20 Å². The van der Waals surface area contributed by atoms with E-state index in [4.69, 9.17) is 0 Å². The Labute approximate surface area is 173 Å². The first kappa shape index (κ1) is 20.3. The Balaban J connectivity index is 1.40. The summed E-state index contributed by atoms with van der Waals surface area (Å²) in [5.41, 5.74) is 1.75. The molecule has 3 aromatic heterocycles. The van der Waals surface area contributed by atoms with Crippen LogP contribution < -0.4 is 10.2 Å². The van der Waals surface area contributed by atoms with Crippen LogP contribution in [0.15, 0.2) is 42.7 Å². The van der Waals surface area contributed by atoms with Crippen LogP contribution in [-0.2, 0) is 0 Å². The first-order valence-electron chi connectivity index (χ1n) is 10.1. The van der Waals surface area contributed by atoms with Gasteiger partial charge >= 0.3 is 0 Å². The summed E-state index contributed by atoms with van der Waals surface area (Å²) in [5, 5.41) is 3.10. The average Bonchev–Trinajstić information content (AvgIpc) is 3.19. The molecule has 0 radical (unpaired) electrons. The SMILES string of the molecule is Cc1ccc(C(=O)N[C@H]2CC[C@@H](N(C)c3cccc4nc(C(F)F)cn34)CC2)cn1. The third-order valence-electron chi connectivity index (χ3n) is 5.83. The fraction of sp³-hybridized carbons (Fsp3) is 0.409. The highest BCUT2D eigenvalue weighted by Crippen LogP contribution is 2.28. The monoisotopic (exact) mass is 413 g/mol. The van der Waals surface area contributed by atoms with Gasteiger partial charge in [0.25, 0.3) is 12.3 Å². The van der Waals surface area contributed by atoms with Gasteiger partial charge in [-0.2, -0.15) is 0 Å². The molecule has 1 N–H and O–H groups in total. The molecule has 4 rings (SSSR count). The van der Waals surface area contributed by atoms with E-state index in [1.807, 2.05) is 32.2 Å². The van der Waals surface area contributed by atoms with Crippen molar-refractivity contribution in [3.05, 3.63) is 59.7 Å². The second-order valence-corrected chi connectivity index (χ2v) is 7.86. The molecule has 1 saturated carbocycles. The first-order chi connectivity index (χ1) is 14.4. The summed E-state index contributed by atoms with van der Waals surface area (Å²) in [7, 11) is 1.98.